The molecule has 0 fully saturated rings. The first-order valence-corrected chi connectivity index (χ1v) is 7.45. The summed E-state index contributed by atoms with van der Waals surface area (Å²) in [5.74, 6) is 0.252. The maximum Gasteiger partial charge on any atom is 0.294 e. The van der Waals surface area contributed by atoms with Gasteiger partial charge in [0.25, 0.3) is 10.1 Å². The maximum atomic E-state index is 10.8. The molecule has 0 spiro atoms. The minimum atomic E-state index is -4.06. The molecule has 0 radical (unpaired) electrons. The molecule has 0 aliphatic heterocycles. The van der Waals surface area contributed by atoms with Crippen LogP contribution in [0.25, 0.3) is 0 Å². The second-order valence-electron chi connectivity index (χ2n) is 4.73. The van der Waals surface area contributed by atoms with Crippen molar-refractivity contribution in [2.75, 3.05) is 27.2 Å². The van der Waals surface area contributed by atoms with Crippen LogP contribution in [0, 0.1) is 0 Å². The fraction of sp³-hybridized carbons (Fsp3) is 0.538. The Morgan fingerprint density at radius 2 is 1.84 bits per heavy atom. The Bertz CT molecular complexity index is 469. The Morgan fingerprint density at radius 3 is 2.16 bits per heavy atom. The quantitative estimate of drug-likeness (QED) is 0.823. The molecular formula is C13H23NO4S. The molecule has 0 atom stereocenters. The van der Waals surface area contributed by atoms with Gasteiger partial charge in [-0.3, -0.25) is 4.55 Å². The molecule has 0 unspecified atom stereocenters. The Hall–Kier alpha value is -0.950. The highest BCUT2D eigenvalue weighted by molar-refractivity contribution is 7.85. The van der Waals surface area contributed by atoms with Gasteiger partial charge in [-0.05, 0) is 37.7 Å². The topological polar surface area (TPSA) is 77.8 Å². The van der Waals surface area contributed by atoms with Gasteiger partial charge in [0.2, 0.25) is 0 Å². The van der Waals surface area contributed by atoms with Crippen molar-refractivity contribution >= 4 is 10.1 Å². The Kier molecular flexibility index (Phi) is 7.85. The van der Waals surface area contributed by atoms with Gasteiger partial charge in [-0.2, -0.15) is 8.42 Å². The van der Waals surface area contributed by atoms with Crippen LogP contribution in [0.1, 0.15) is 25.3 Å². The van der Waals surface area contributed by atoms with Crippen molar-refractivity contribution in [2.45, 2.75) is 24.7 Å². The molecule has 0 saturated heterocycles. The molecule has 0 aliphatic rings. The summed E-state index contributed by atoms with van der Waals surface area (Å²) < 4.78 is 30.3. The van der Waals surface area contributed by atoms with E-state index in [9.17, 15) is 8.42 Å². The first-order valence-electron chi connectivity index (χ1n) is 6.01. The molecule has 1 aromatic rings. The summed E-state index contributed by atoms with van der Waals surface area (Å²) in [6, 6.07) is 6.32. The van der Waals surface area contributed by atoms with Crippen LogP contribution in [0.15, 0.2) is 29.2 Å². The molecule has 2 N–H and O–H groups in total. The first-order chi connectivity index (χ1) is 8.68. The third kappa shape index (κ3) is 7.94. The molecule has 6 heteroatoms. The molecule has 5 nitrogen and oxygen atoms in total. The average molecular weight is 289 g/mol. The lowest BCUT2D eigenvalue weighted by atomic mass is 10.0. The van der Waals surface area contributed by atoms with Gasteiger partial charge >= 0.3 is 0 Å². The lowest BCUT2D eigenvalue weighted by molar-refractivity contribution is 0.243. The smallest absolute Gasteiger partial charge is 0.294 e. The molecule has 0 heterocycles. The number of aliphatic hydroxyl groups is 1. The van der Waals surface area contributed by atoms with Crippen molar-refractivity contribution in [2.24, 2.45) is 0 Å². The molecule has 0 amide bonds. The van der Waals surface area contributed by atoms with E-state index in [1.54, 1.807) is 6.07 Å². The van der Waals surface area contributed by atoms with E-state index in [0.29, 0.717) is 0 Å². The Morgan fingerprint density at radius 1 is 1.26 bits per heavy atom. The highest BCUT2D eigenvalue weighted by atomic mass is 32.2. The third-order valence-electron chi connectivity index (χ3n) is 2.37. The van der Waals surface area contributed by atoms with Crippen LogP contribution >= 0.6 is 0 Å². The number of likely N-dealkylation sites (N-methyl/N-ethyl adjacent to an activating group) is 1. The van der Waals surface area contributed by atoms with E-state index in [1.165, 1.54) is 12.1 Å². The normalized spacial score (nSPS) is 11.4. The predicted octanol–water partition coefficient (Wildman–Crippen LogP) is 1.60. The van der Waals surface area contributed by atoms with Gasteiger partial charge in [0.1, 0.15) is 0 Å². The van der Waals surface area contributed by atoms with E-state index in [-0.39, 0.29) is 17.4 Å². The second kappa shape index (κ2) is 8.27. The number of hydrogen-bond acceptors (Lipinski definition) is 4. The highest BCUT2D eigenvalue weighted by Gasteiger charge is 2.10. The Labute approximate surface area is 115 Å². The maximum absolute atomic E-state index is 10.8. The standard InChI is InChI=1S/C9H12O3S.C4H11NO/c1-7(2)8-4-3-5-9(6-8)13(10,11)12;1-5(2)3-4-6/h3-7H,1-2H3,(H,10,11,12);6H,3-4H2,1-2H3. The summed E-state index contributed by atoms with van der Waals surface area (Å²) in [5.41, 5.74) is 0.898. The lowest BCUT2D eigenvalue weighted by Crippen LogP contribution is -2.15. The number of nitrogens with zero attached hydrogens (tertiary/aromatic N) is 1. The zero-order valence-corrected chi connectivity index (χ0v) is 12.7. The minimum Gasteiger partial charge on any atom is -0.395 e. The van der Waals surface area contributed by atoms with Crippen molar-refractivity contribution < 1.29 is 18.1 Å². The number of aliphatic hydroxyl groups excluding tert-OH is 1. The summed E-state index contributed by atoms with van der Waals surface area (Å²) in [7, 11) is -0.205. The fourth-order valence-corrected chi connectivity index (χ4v) is 1.77. The number of hydrogen-bond donors (Lipinski definition) is 2. The van der Waals surface area contributed by atoms with E-state index in [2.05, 4.69) is 0 Å². The highest BCUT2D eigenvalue weighted by Crippen LogP contribution is 2.18. The van der Waals surface area contributed by atoms with Gasteiger partial charge in [0, 0.05) is 6.54 Å². The van der Waals surface area contributed by atoms with Gasteiger partial charge in [-0.25, -0.2) is 0 Å². The summed E-state index contributed by atoms with van der Waals surface area (Å²) >= 11 is 0. The molecule has 0 bridgehead atoms. The number of rotatable bonds is 4. The molecule has 110 valence electrons. The first kappa shape index (κ1) is 18.0. The SMILES string of the molecule is CC(C)c1cccc(S(=O)(=O)O)c1.CN(C)CCO. The van der Waals surface area contributed by atoms with Crippen LogP contribution in [-0.2, 0) is 10.1 Å². The van der Waals surface area contributed by atoms with Crippen molar-refractivity contribution in [3.8, 4) is 0 Å². The molecule has 1 aromatic carbocycles. The van der Waals surface area contributed by atoms with E-state index in [4.69, 9.17) is 9.66 Å². The van der Waals surface area contributed by atoms with Crippen molar-refractivity contribution in [3.05, 3.63) is 29.8 Å². The van der Waals surface area contributed by atoms with Crippen LogP contribution in [0.3, 0.4) is 0 Å². The molecule has 0 aliphatic carbocycles. The second-order valence-corrected chi connectivity index (χ2v) is 6.15. The van der Waals surface area contributed by atoms with E-state index in [1.807, 2.05) is 38.9 Å². The van der Waals surface area contributed by atoms with Crippen molar-refractivity contribution in [3.63, 3.8) is 0 Å². The summed E-state index contributed by atoms with van der Waals surface area (Å²) in [4.78, 5) is 1.89. The fourth-order valence-electron chi connectivity index (χ4n) is 1.23. The van der Waals surface area contributed by atoms with Crippen LogP contribution < -0.4 is 0 Å². The van der Waals surface area contributed by atoms with Gasteiger partial charge in [0.05, 0.1) is 11.5 Å². The average Bonchev–Trinajstić information content (AvgIpc) is 2.28. The monoisotopic (exact) mass is 289 g/mol. The number of benzene rings is 1. The van der Waals surface area contributed by atoms with Crippen molar-refractivity contribution in [1.29, 1.82) is 0 Å². The van der Waals surface area contributed by atoms with Gasteiger partial charge in [-0.15, -0.1) is 0 Å². The summed E-state index contributed by atoms with van der Waals surface area (Å²) in [6.07, 6.45) is 0. The molecule has 0 aromatic heterocycles. The van der Waals surface area contributed by atoms with Crippen LogP contribution in [0.2, 0.25) is 0 Å². The van der Waals surface area contributed by atoms with Crippen LogP contribution in [0.5, 0.6) is 0 Å². The van der Waals surface area contributed by atoms with E-state index >= 15 is 0 Å². The lowest BCUT2D eigenvalue weighted by Gasteiger charge is -2.05. The predicted molar refractivity (Wildman–Crippen MR) is 76.0 cm³/mol. The zero-order valence-electron chi connectivity index (χ0n) is 11.9. The van der Waals surface area contributed by atoms with E-state index in [0.717, 1.165) is 12.1 Å². The molecule has 1 rings (SSSR count). The summed E-state index contributed by atoms with van der Waals surface area (Å²) in [6.45, 7) is 4.94. The molecular weight excluding hydrogens is 266 g/mol. The van der Waals surface area contributed by atoms with E-state index < -0.39 is 10.1 Å². The Balaban J connectivity index is 0.000000459. The zero-order chi connectivity index (χ0) is 15.1. The third-order valence-corrected chi connectivity index (χ3v) is 3.22. The van der Waals surface area contributed by atoms with Gasteiger partial charge in [-0.1, -0.05) is 26.0 Å². The van der Waals surface area contributed by atoms with Gasteiger partial charge in [0.15, 0.2) is 0 Å². The molecule has 19 heavy (non-hydrogen) atoms. The van der Waals surface area contributed by atoms with Crippen LogP contribution in [0.4, 0.5) is 0 Å². The molecule has 0 saturated carbocycles. The summed E-state index contributed by atoms with van der Waals surface area (Å²) in [5, 5.41) is 8.20. The van der Waals surface area contributed by atoms with Gasteiger partial charge < -0.3 is 10.0 Å². The largest absolute Gasteiger partial charge is 0.395 e. The minimum absolute atomic E-state index is 0.0429. The van der Waals surface area contributed by atoms with Crippen molar-refractivity contribution in [1.82, 2.24) is 4.90 Å². The van der Waals surface area contributed by atoms with Crippen LogP contribution in [-0.4, -0.2) is 50.2 Å².